The molecule has 4 N–H and O–H groups in total. The molecular formula is C16H12Cl4N2S2. The zero-order valence-electron chi connectivity index (χ0n) is 12.1. The highest BCUT2D eigenvalue weighted by Crippen LogP contribution is 2.42. The molecule has 0 aromatic heterocycles. The molecule has 2 aromatic rings. The van der Waals surface area contributed by atoms with Crippen molar-refractivity contribution in [2.75, 3.05) is 11.5 Å². The first-order valence-corrected chi connectivity index (χ1v) is 9.69. The van der Waals surface area contributed by atoms with E-state index in [9.17, 15) is 0 Å². The Morgan fingerprint density at radius 1 is 0.583 bits per heavy atom. The van der Waals surface area contributed by atoms with Gasteiger partial charge in [-0.15, -0.1) is 0 Å². The molecule has 0 saturated heterocycles. The Morgan fingerprint density at radius 2 is 0.875 bits per heavy atom. The van der Waals surface area contributed by atoms with E-state index in [-0.39, 0.29) is 10.1 Å². The van der Waals surface area contributed by atoms with Crippen LogP contribution in [0.4, 0.5) is 11.4 Å². The Kier molecular flexibility index (Phi) is 7.54. The van der Waals surface area contributed by atoms with E-state index in [1.54, 1.807) is 24.3 Å². The summed E-state index contributed by atoms with van der Waals surface area (Å²) in [4.78, 5) is 1.78. The van der Waals surface area contributed by atoms with Crippen LogP contribution in [-0.4, -0.2) is 0 Å². The third kappa shape index (κ3) is 5.73. The molecule has 0 aliphatic heterocycles. The molecule has 126 valence electrons. The lowest BCUT2D eigenvalue weighted by molar-refractivity contribution is 1.47. The van der Waals surface area contributed by atoms with Gasteiger partial charge in [0, 0.05) is 21.2 Å². The van der Waals surface area contributed by atoms with E-state index in [1.807, 2.05) is 24.3 Å². The van der Waals surface area contributed by atoms with Crippen LogP contribution in [0.15, 0.2) is 77.1 Å². The third-order valence-corrected chi connectivity index (χ3v) is 6.61. The van der Waals surface area contributed by atoms with Gasteiger partial charge in [0.15, 0.2) is 0 Å². The molecule has 2 nitrogen and oxygen atoms in total. The number of thioether (sulfide) groups is 2. The van der Waals surface area contributed by atoms with Crippen LogP contribution in [-0.2, 0) is 0 Å². The molecule has 0 radical (unpaired) electrons. The summed E-state index contributed by atoms with van der Waals surface area (Å²) in [6.45, 7) is 0. The second-order valence-corrected chi connectivity index (χ2v) is 8.65. The summed E-state index contributed by atoms with van der Waals surface area (Å²) in [5.41, 5.74) is 12.6. The molecule has 0 spiro atoms. The summed E-state index contributed by atoms with van der Waals surface area (Å²) >= 11 is 27.5. The molecule has 0 unspecified atom stereocenters. The highest BCUT2D eigenvalue weighted by atomic mass is 35.5. The summed E-state index contributed by atoms with van der Waals surface area (Å²) in [6, 6.07) is 14.5. The van der Waals surface area contributed by atoms with Crippen molar-refractivity contribution < 1.29 is 0 Å². The van der Waals surface area contributed by atoms with Crippen LogP contribution in [0.2, 0.25) is 0 Å². The number of benzene rings is 2. The van der Waals surface area contributed by atoms with Crippen molar-refractivity contribution in [3.63, 3.8) is 0 Å². The Hall–Kier alpha value is -0.620. The fraction of sp³-hybridized carbons (Fsp3) is 0. The van der Waals surface area contributed by atoms with E-state index in [0.717, 1.165) is 9.79 Å². The first-order chi connectivity index (χ1) is 11.4. The van der Waals surface area contributed by atoms with Crippen LogP contribution in [0.3, 0.4) is 0 Å². The zero-order chi connectivity index (χ0) is 17.7. The summed E-state index contributed by atoms with van der Waals surface area (Å²) in [6.07, 6.45) is 0. The van der Waals surface area contributed by atoms with Crippen LogP contribution in [0.1, 0.15) is 0 Å². The average Bonchev–Trinajstić information content (AvgIpc) is 2.57. The summed E-state index contributed by atoms with van der Waals surface area (Å²) < 4.78 is 0.644. The van der Waals surface area contributed by atoms with Crippen molar-refractivity contribution in [3.05, 3.63) is 67.3 Å². The van der Waals surface area contributed by atoms with Gasteiger partial charge in [-0.1, -0.05) is 69.9 Å². The molecule has 24 heavy (non-hydrogen) atoms. The van der Waals surface area contributed by atoms with Crippen molar-refractivity contribution in [2.24, 2.45) is 0 Å². The van der Waals surface area contributed by atoms with Gasteiger partial charge in [0.05, 0.1) is 18.8 Å². The Labute approximate surface area is 169 Å². The third-order valence-electron chi connectivity index (χ3n) is 2.71. The van der Waals surface area contributed by atoms with Crippen molar-refractivity contribution in [3.8, 4) is 0 Å². The molecule has 0 amide bonds. The summed E-state index contributed by atoms with van der Waals surface area (Å²) in [5.74, 6) is 0. The monoisotopic (exact) mass is 436 g/mol. The van der Waals surface area contributed by atoms with E-state index in [4.69, 9.17) is 57.9 Å². The van der Waals surface area contributed by atoms with E-state index in [1.165, 1.54) is 23.5 Å². The van der Waals surface area contributed by atoms with Gasteiger partial charge in [0.1, 0.15) is 0 Å². The largest absolute Gasteiger partial charge is 0.399 e. The molecule has 0 aliphatic rings. The maximum atomic E-state index is 6.24. The number of allylic oxidation sites excluding steroid dienone is 2. The van der Waals surface area contributed by atoms with Crippen molar-refractivity contribution >= 4 is 81.3 Å². The minimum atomic E-state index is 0.188. The van der Waals surface area contributed by atoms with Crippen LogP contribution < -0.4 is 11.5 Å². The first-order valence-electron chi connectivity index (χ1n) is 6.54. The molecule has 2 rings (SSSR count). The van der Waals surface area contributed by atoms with E-state index in [2.05, 4.69) is 0 Å². The van der Waals surface area contributed by atoms with Crippen LogP contribution in [0.5, 0.6) is 0 Å². The minimum absolute atomic E-state index is 0.188. The highest BCUT2D eigenvalue weighted by Gasteiger charge is 2.13. The van der Waals surface area contributed by atoms with Crippen LogP contribution in [0, 0.1) is 0 Å². The van der Waals surface area contributed by atoms with Gasteiger partial charge in [0.2, 0.25) is 0 Å². The zero-order valence-corrected chi connectivity index (χ0v) is 16.8. The van der Waals surface area contributed by atoms with E-state index >= 15 is 0 Å². The molecule has 0 bridgehead atoms. The lowest BCUT2D eigenvalue weighted by Crippen LogP contribution is -1.84. The number of nitrogens with two attached hydrogens (primary N) is 2. The molecule has 0 heterocycles. The van der Waals surface area contributed by atoms with Crippen molar-refractivity contribution in [1.29, 1.82) is 0 Å². The fourth-order valence-corrected chi connectivity index (χ4v) is 4.24. The van der Waals surface area contributed by atoms with Crippen molar-refractivity contribution in [1.82, 2.24) is 0 Å². The minimum Gasteiger partial charge on any atom is -0.399 e. The van der Waals surface area contributed by atoms with Crippen molar-refractivity contribution in [2.45, 2.75) is 9.79 Å². The van der Waals surface area contributed by atoms with E-state index < -0.39 is 0 Å². The van der Waals surface area contributed by atoms with Gasteiger partial charge >= 0.3 is 0 Å². The normalized spacial score (nSPS) is 13.3. The van der Waals surface area contributed by atoms with E-state index in [0.29, 0.717) is 20.1 Å². The quantitative estimate of drug-likeness (QED) is 0.299. The highest BCUT2D eigenvalue weighted by molar-refractivity contribution is 8.05. The van der Waals surface area contributed by atoms with Gasteiger partial charge in [0.25, 0.3) is 0 Å². The SMILES string of the molecule is Nc1ccc(S/C(Cl)=C(Cl)\C(Cl)=C(\Cl)Sc2ccc(N)cc2)cc1. The molecule has 8 heteroatoms. The van der Waals surface area contributed by atoms with Crippen LogP contribution >= 0.6 is 69.9 Å². The Balaban J connectivity index is 2.16. The lowest BCUT2D eigenvalue weighted by atomic mass is 10.3. The molecule has 0 atom stereocenters. The van der Waals surface area contributed by atoms with Gasteiger partial charge in [-0.3, -0.25) is 0 Å². The van der Waals surface area contributed by atoms with Gasteiger partial charge in [-0.05, 0) is 48.5 Å². The van der Waals surface area contributed by atoms with Gasteiger partial charge < -0.3 is 11.5 Å². The second kappa shape index (κ2) is 9.18. The van der Waals surface area contributed by atoms with Crippen LogP contribution in [0.25, 0.3) is 0 Å². The Morgan fingerprint density at radius 3 is 1.17 bits per heavy atom. The molecule has 2 aromatic carbocycles. The number of hydrogen-bond acceptors (Lipinski definition) is 4. The Bertz CT molecular complexity index is 704. The molecular weight excluding hydrogens is 426 g/mol. The number of nitrogen functional groups attached to an aromatic ring is 2. The smallest absolute Gasteiger partial charge is 0.0985 e. The molecule has 0 aliphatic carbocycles. The maximum absolute atomic E-state index is 6.24. The molecule has 0 fully saturated rings. The average molecular weight is 438 g/mol. The number of hydrogen-bond donors (Lipinski definition) is 2. The summed E-state index contributed by atoms with van der Waals surface area (Å²) in [5, 5.41) is 0.376. The maximum Gasteiger partial charge on any atom is 0.0985 e. The predicted octanol–water partition coefficient (Wildman–Crippen LogP) is 7.03. The standard InChI is InChI=1S/C16H12Cl4N2S2/c17-13(15(19)23-11-5-1-9(21)2-6-11)14(18)16(20)24-12-7-3-10(22)4-8-12/h1-8H,21-22H2/b15-13+,16-14+. The predicted molar refractivity (Wildman–Crippen MR) is 111 cm³/mol. The first kappa shape index (κ1) is 19.7. The summed E-state index contributed by atoms with van der Waals surface area (Å²) in [7, 11) is 0. The molecule has 0 saturated carbocycles. The number of halogens is 4. The van der Waals surface area contributed by atoms with Gasteiger partial charge in [-0.2, -0.15) is 0 Å². The van der Waals surface area contributed by atoms with Gasteiger partial charge in [-0.25, -0.2) is 0 Å². The lowest BCUT2D eigenvalue weighted by Gasteiger charge is -2.06. The topological polar surface area (TPSA) is 52.0 Å². The number of rotatable bonds is 5. The fourth-order valence-electron chi connectivity index (χ4n) is 1.54. The second-order valence-electron chi connectivity index (χ2n) is 4.52. The number of anilines is 2.